The van der Waals surface area contributed by atoms with Crippen LogP contribution in [-0.4, -0.2) is 67.4 Å². The number of halogens is 1. The van der Waals surface area contributed by atoms with Crippen LogP contribution in [0.1, 0.15) is 0 Å². The normalized spacial score (nSPS) is 13.3. The topological polar surface area (TPSA) is 143 Å². The summed E-state index contributed by atoms with van der Waals surface area (Å²) in [6.07, 6.45) is 6.35. The predicted octanol–water partition coefficient (Wildman–Crippen LogP) is 3.20. The Kier molecular flexibility index (Phi) is 8.07. The maximum atomic E-state index is 15.3. The van der Waals surface area contributed by atoms with Crippen molar-refractivity contribution in [2.75, 3.05) is 31.1 Å². The molecular weight excluding hydrogens is 543 g/mol. The molecule has 2 aromatic carbocycles. The lowest BCUT2D eigenvalue weighted by molar-refractivity contribution is -0.134. The highest BCUT2D eigenvalue weighted by Gasteiger charge is 2.20. The Labute approximate surface area is 238 Å². The summed E-state index contributed by atoms with van der Waals surface area (Å²) in [4.78, 5) is 43.3. The first-order valence-corrected chi connectivity index (χ1v) is 13.0. The molecule has 1 fully saturated rings. The van der Waals surface area contributed by atoms with Crippen LogP contribution in [0.5, 0.6) is 0 Å². The summed E-state index contributed by atoms with van der Waals surface area (Å²) < 4.78 is 18.4. The molecule has 0 bridgehead atoms. The predicted molar refractivity (Wildman–Crippen MR) is 157 cm³/mol. The zero-order valence-corrected chi connectivity index (χ0v) is 22.6. The van der Waals surface area contributed by atoms with Gasteiger partial charge in [-0.15, -0.1) is 0 Å². The number of hydrogen-bond acceptors (Lipinski definition) is 7. The molecular formula is C30H27FN6O5. The van der Waals surface area contributed by atoms with Crippen LogP contribution in [0.15, 0.2) is 84.1 Å². The van der Waals surface area contributed by atoms with Crippen molar-refractivity contribution in [2.45, 2.75) is 0 Å². The number of pyridine rings is 2. The molecule has 214 valence electrons. The summed E-state index contributed by atoms with van der Waals surface area (Å²) in [7, 11) is 1.71. The van der Waals surface area contributed by atoms with Crippen molar-refractivity contribution in [3.8, 4) is 16.8 Å². The molecule has 4 heterocycles. The number of fused-ring (bicyclic) bond motifs is 3. The molecule has 5 aromatic rings. The van der Waals surface area contributed by atoms with Crippen molar-refractivity contribution in [1.29, 1.82) is 0 Å². The third-order valence-corrected chi connectivity index (χ3v) is 6.89. The number of aliphatic carboxylic acids is 2. The van der Waals surface area contributed by atoms with E-state index in [0.29, 0.717) is 34.6 Å². The minimum Gasteiger partial charge on any atom is -0.478 e. The molecule has 1 saturated heterocycles. The first-order valence-electron chi connectivity index (χ1n) is 13.0. The van der Waals surface area contributed by atoms with Gasteiger partial charge in [0.15, 0.2) is 0 Å². The highest BCUT2D eigenvalue weighted by Crippen LogP contribution is 2.30. The molecule has 1 aliphatic heterocycles. The van der Waals surface area contributed by atoms with Gasteiger partial charge in [-0.05, 0) is 35.9 Å². The number of aryl methyl sites for hydroxylation is 1. The van der Waals surface area contributed by atoms with Gasteiger partial charge in [0.2, 0.25) is 0 Å². The molecule has 1 aliphatic rings. The van der Waals surface area contributed by atoms with Gasteiger partial charge in [-0.3, -0.25) is 19.1 Å². The molecule has 0 unspecified atom stereocenters. The van der Waals surface area contributed by atoms with Crippen LogP contribution in [0.2, 0.25) is 0 Å². The summed E-state index contributed by atoms with van der Waals surface area (Å²) >= 11 is 0. The summed E-state index contributed by atoms with van der Waals surface area (Å²) in [5, 5.41) is 19.7. The van der Waals surface area contributed by atoms with Crippen LogP contribution in [0.4, 0.5) is 10.1 Å². The molecule has 11 nitrogen and oxygen atoms in total. The number of nitrogens with one attached hydrogen (secondary N) is 1. The van der Waals surface area contributed by atoms with Gasteiger partial charge in [0.25, 0.3) is 0 Å². The monoisotopic (exact) mass is 570 g/mol. The zero-order chi connectivity index (χ0) is 29.8. The van der Waals surface area contributed by atoms with Gasteiger partial charge in [-0.2, -0.15) is 0 Å². The average Bonchev–Trinajstić information content (AvgIpc) is 3.26. The standard InChI is InChI=1S/C26H23FN6O.C4H4O4/c1-31-24-16-30-22-6-4-17(18-3-2-8-29-15-18)13-20(22)25(24)33(26(31)34)19-5-7-23(21(27)14-19)32-11-9-28-10-12-32;5-3(6)1-2-4(7)8/h2-8,13-16,28H,9-12H2,1H3;1-2H,(H,5,6)(H,7,8). The fraction of sp³-hybridized carbons (Fsp3) is 0.167. The molecule has 3 N–H and O–H groups in total. The third-order valence-electron chi connectivity index (χ3n) is 6.89. The third kappa shape index (κ3) is 5.74. The van der Waals surface area contributed by atoms with E-state index < -0.39 is 11.9 Å². The summed E-state index contributed by atoms with van der Waals surface area (Å²) in [6.45, 7) is 3.14. The maximum Gasteiger partial charge on any atom is 0.333 e. The van der Waals surface area contributed by atoms with E-state index in [-0.39, 0.29) is 11.5 Å². The molecule has 0 radical (unpaired) electrons. The van der Waals surface area contributed by atoms with Gasteiger partial charge in [0, 0.05) is 74.8 Å². The SMILES string of the molecule is Cn1c(=O)n(-c2ccc(N3CCNCC3)c(F)c2)c2c3cc(-c4cccnc4)ccc3ncc21.O=C(O)C=CC(=O)O. The van der Waals surface area contributed by atoms with E-state index in [9.17, 15) is 14.4 Å². The van der Waals surface area contributed by atoms with Gasteiger partial charge < -0.3 is 20.4 Å². The Hall–Kier alpha value is -5.36. The number of nitrogens with zero attached hydrogens (tertiary/aromatic N) is 5. The van der Waals surface area contributed by atoms with Crippen molar-refractivity contribution >= 4 is 39.6 Å². The van der Waals surface area contributed by atoms with Crippen molar-refractivity contribution in [2.24, 2.45) is 7.05 Å². The van der Waals surface area contributed by atoms with Gasteiger partial charge in [-0.25, -0.2) is 18.8 Å². The van der Waals surface area contributed by atoms with Crippen molar-refractivity contribution < 1.29 is 24.2 Å². The second kappa shape index (κ2) is 12.0. The number of anilines is 1. The highest BCUT2D eigenvalue weighted by molar-refractivity contribution is 6.04. The number of rotatable bonds is 5. The molecule has 0 aliphatic carbocycles. The minimum atomic E-state index is -1.26. The van der Waals surface area contributed by atoms with Crippen LogP contribution in [-0.2, 0) is 16.6 Å². The molecule has 0 saturated carbocycles. The van der Waals surface area contributed by atoms with E-state index in [1.165, 1.54) is 6.07 Å². The number of carbonyl (C=O) groups is 2. The molecule has 42 heavy (non-hydrogen) atoms. The summed E-state index contributed by atoms with van der Waals surface area (Å²) in [5.74, 6) is -2.85. The molecule has 0 amide bonds. The average molecular weight is 571 g/mol. The quantitative estimate of drug-likeness (QED) is 0.272. The highest BCUT2D eigenvalue weighted by atomic mass is 19.1. The number of carboxylic acids is 2. The Morgan fingerprint density at radius 1 is 0.976 bits per heavy atom. The second-order valence-corrected chi connectivity index (χ2v) is 9.53. The number of imidazole rings is 1. The van der Waals surface area contributed by atoms with Crippen LogP contribution in [0.25, 0.3) is 38.8 Å². The van der Waals surface area contributed by atoms with E-state index in [4.69, 9.17) is 10.2 Å². The Morgan fingerprint density at radius 2 is 1.71 bits per heavy atom. The van der Waals surface area contributed by atoms with Gasteiger partial charge in [-0.1, -0.05) is 12.1 Å². The fourth-order valence-electron chi connectivity index (χ4n) is 4.89. The Bertz CT molecular complexity index is 1860. The number of piperazine rings is 1. The summed E-state index contributed by atoms with van der Waals surface area (Å²) in [6, 6.07) is 14.9. The van der Waals surface area contributed by atoms with Crippen molar-refractivity contribution in [3.63, 3.8) is 0 Å². The fourth-order valence-corrected chi connectivity index (χ4v) is 4.89. The number of benzene rings is 2. The molecule has 3 aromatic heterocycles. The number of carboxylic acid groups (broad SMARTS) is 2. The van der Waals surface area contributed by atoms with Crippen molar-refractivity contribution in [1.82, 2.24) is 24.4 Å². The van der Waals surface area contributed by atoms with Gasteiger partial charge >= 0.3 is 17.6 Å². The molecule has 12 heteroatoms. The van der Waals surface area contributed by atoms with E-state index in [1.54, 1.807) is 40.8 Å². The maximum absolute atomic E-state index is 15.3. The van der Waals surface area contributed by atoms with E-state index >= 15 is 4.39 Å². The summed E-state index contributed by atoms with van der Waals surface area (Å²) in [5.41, 5.74) is 4.90. The van der Waals surface area contributed by atoms with E-state index in [1.807, 2.05) is 41.3 Å². The molecule has 0 spiro atoms. The lowest BCUT2D eigenvalue weighted by Crippen LogP contribution is -2.43. The lowest BCUT2D eigenvalue weighted by Gasteiger charge is -2.29. The first kappa shape index (κ1) is 28.2. The van der Waals surface area contributed by atoms with Crippen LogP contribution >= 0.6 is 0 Å². The lowest BCUT2D eigenvalue weighted by atomic mass is 10.0. The zero-order valence-electron chi connectivity index (χ0n) is 22.6. The van der Waals surface area contributed by atoms with Crippen LogP contribution < -0.4 is 15.9 Å². The van der Waals surface area contributed by atoms with Gasteiger partial charge in [0.1, 0.15) is 5.82 Å². The number of hydrogen-bond donors (Lipinski definition) is 3. The van der Waals surface area contributed by atoms with Crippen LogP contribution in [0, 0.1) is 5.82 Å². The van der Waals surface area contributed by atoms with Gasteiger partial charge in [0.05, 0.1) is 34.1 Å². The van der Waals surface area contributed by atoms with E-state index in [2.05, 4.69) is 15.3 Å². The Morgan fingerprint density at radius 3 is 2.36 bits per heavy atom. The molecule has 0 atom stereocenters. The first-order chi connectivity index (χ1) is 20.2. The van der Waals surface area contributed by atoms with E-state index in [0.717, 1.165) is 48.2 Å². The Balaban J connectivity index is 0.000000390. The number of aromatic nitrogens is 4. The van der Waals surface area contributed by atoms with Crippen LogP contribution in [0.3, 0.4) is 0 Å². The minimum absolute atomic E-state index is 0.245. The van der Waals surface area contributed by atoms with Crippen molar-refractivity contribution in [3.05, 3.63) is 95.6 Å². The smallest absolute Gasteiger partial charge is 0.333 e. The second-order valence-electron chi connectivity index (χ2n) is 9.53. The molecule has 6 rings (SSSR count). The largest absolute Gasteiger partial charge is 0.478 e.